The number of hydrogen-bond donors (Lipinski definition) is 0. The fraction of sp³-hybridized carbons (Fsp3) is 0.467. The number of carbonyl (C=O) groups excluding carboxylic acids is 1. The number of aliphatic imine (C=N–C) groups is 1. The number of rotatable bonds is 3. The van der Waals surface area contributed by atoms with Crippen LogP contribution < -0.4 is 4.90 Å². The van der Waals surface area contributed by atoms with E-state index < -0.39 is 0 Å². The molecule has 1 heterocycles. The summed E-state index contributed by atoms with van der Waals surface area (Å²) in [6.45, 7) is 8.43. The highest BCUT2D eigenvalue weighted by atomic mass is 16.5. The second kappa shape index (κ2) is 5.43. The maximum absolute atomic E-state index is 12.1. The molecule has 0 saturated carbocycles. The van der Waals surface area contributed by atoms with E-state index in [1.54, 1.807) is 0 Å². The summed E-state index contributed by atoms with van der Waals surface area (Å²) in [4.78, 5) is 18.5. The molecule has 1 aromatic rings. The average Bonchev–Trinajstić information content (AvgIpc) is 2.71. The molecule has 0 aromatic heterocycles. The van der Waals surface area contributed by atoms with Gasteiger partial charge in [-0.25, -0.2) is 4.79 Å². The second-order valence-corrected chi connectivity index (χ2v) is 5.15. The van der Waals surface area contributed by atoms with Gasteiger partial charge in [0, 0.05) is 12.2 Å². The Bertz CT molecular complexity index is 509. The van der Waals surface area contributed by atoms with Crippen molar-refractivity contribution >= 4 is 17.5 Å². The largest absolute Gasteiger partial charge is 0.457 e. The average molecular weight is 260 g/mol. The minimum atomic E-state index is -0.345. The van der Waals surface area contributed by atoms with E-state index in [2.05, 4.69) is 4.99 Å². The minimum Gasteiger partial charge on any atom is -0.457 e. The third-order valence-electron chi connectivity index (χ3n) is 2.98. The monoisotopic (exact) mass is 260 g/mol. The molecule has 0 N–H and O–H groups in total. The van der Waals surface area contributed by atoms with Crippen molar-refractivity contribution in [1.29, 1.82) is 0 Å². The van der Waals surface area contributed by atoms with Crippen molar-refractivity contribution in [3.8, 4) is 0 Å². The van der Waals surface area contributed by atoms with Gasteiger partial charge in [0.2, 0.25) is 5.84 Å². The van der Waals surface area contributed by atoms with E-state index in [1.165, 1.54) is 0 Å². The summed E-state index contributed by atoms with van der Waals surface area (Å²) in [5.74, 6) is 0.0677. The molecule has 2 rings (SSSR count). The van der Waals surface area contributed by atoms with Crippen molar-refractivity contribution in [3.63, 3.8) is 0 Å². The Morgan fingerprint density at radius 3 is 2.74 bits per heavy atom. The highest BCUT2D eigenvalue weighted by molar-refractivity contribution is 6.41. The van der Waals surface area contributed by atoms with E-state index in [-0.39, 0.29) is 18.1 Å². The molecule has 0 bridgehead atoms. The maximum atomic E-state index is 12.1. The number of hydrogen-bond acceptors (Lipinski definition) is 4. The van der Waals surface area contributed by atoms with Crippen LogP contribution in [0.2, 0.25) is 0 Å². The fourth-order valence-electron chi connectivity index (χ4n) is 2.18. The molecule has 19 heavy (non-hydrogen) atoms. The molecular weight excluding hydrogens is 240 g/mol. The topological polar surface area (TPSA) is 41.9 Å². The molecule has 1 aromatic carbocycles. The van der Waals surface area contributed by atoms with Gasteiger partial charge in [0.05, 0.1) is 12.1 Å². The predicted molar refractivity (Wildman–Crippen MR) is 76.7 cm³/mol. The van der Waals surface area contributed by atoms with Crippen LogP contribution in [0.25, 0.3) is 0 Å². The van der Waals surface area contributed by atoms with Gasteiger partial charge in [0.1, 0.15) is 0 Å². The fourth-order valence-corrected chi connectivity index (χ4v) is 2.18. The summed E-state index contributed by atoms with van der Waals surface area (Å²) in [7, 11) is 0. The van der Waals surface area contributed by atoms with Gasteiger partial charge >= 0.3 is 5.97 Å². The third-order valence-corrected chi connectivity index (χ3v) is 2.98. The lowest BCUT2D eigenvalue weighted by Crippen LogP contribution is -2.36. The number of anilines is 1. The molecule has 4 nitrogen and oxygen atoms in total. The zero-order valence-corrected chi connectivity index (χ0v) is 11.9. The SMILES string of the molecule is Cc1ccccc1N1C[C@H](C)N=C1C(=O)OC(C)C. The van der Waals surface area contributed by atoms with Gasteiger partial charge in [-0.2, -0.15) is 0 Å². The first-order valence-corrected chi connectivity index (χ1v) is 6.61. The standard InChI is InChI=1S/C15H20N2O2/c1-10(2)19-15(18)14-16-12(4)9-17(14)13-8-6-5-7-11(13)3/h5-8,10,12H,9H2,1-4H3/t12-/m0/s1. The van der Waals surface area contributed by atoms with Crippen LogP contribution in [0.4, 0.5) is 5.69 Å². The first kappa shape index (κ1) is 13.6. The molecule has 0 spiro atoms. The Morgan fingerprint density at radius 1 is 1.42 bits per heavy atom. The summed E-state index contributed by atoms with van der Waals surface area (Å²) < 4.78 is 5.26. The van der Waals surface area contributed by atoms with Crippen molar-refractivity contribution < 1.29 is 9.53 Å². The van der Waals surface area contributed by atoms with Crippen molar-refractivity contribution in [2.24, 2.45) is 4.99 Å². The van der Waals surface area contributed by atoms with Crippen LogP contribution in [-0.2, 0) is 9.53 Å². The number of benzene rings is 1. The van der Waals surface area contributed by atoms with Crippen molar-refractivity contribution in [2.45, 2.75) is 39.8 Å². The van der Waals surface area contributed by atoms with E-state index in [9.17, 15) is 4.79 Å². The summed E-state index contributed by atoms with van der Waals surface area (Å²) in [6, 6.07) is 8.10. The maximum Gasteiger partial charge on any atom is 0.374 e. The molecule has 1 aliphatic heterocycles. The van der Waals surface area contributed by atoms with Gasteiger partial charge in [0.25, 0.3) is 0 Å². The molecular formula is C15H20N2O2. The second-order valence-electron chi connectivity index (χ2n) is 5.15. The third kappa shape index (κ3) is 2.95. The summed E-state index contributed by atoms with van der Waals surface area (Å²) >= 11 is 0. The molecule has 0 saturated heterocycles. The zero-order valence-electron chi connectivity index (χ0n) is 11.9. The van der Waals surface area contributed by atoms with Gasteiger partial charge in [-0.3, -0.25) is 4.99 Å². The molecule has 102 valence electrons. The number of nitrogens with zero attached hydrogens (tertiary/aromatic N) is 2. The Balaban J connectivity index is 2.29. The normalized spacial score (nSPS) is 18.7. The Morgan fingerprint density at radius 2 is 2.11 bits per heavy atom. The number of aryl methyl sites for hydroxylation is 1. The van der Waals surface area contributed by atoms with Gasteiger partial charge in [0.15, 0.2) is 0 Å². The van der Waals surface area contributed by atoms with Gasteiger partial charge in [-0.15, -0.1) is 0 Å². The van der Waals surface area contributed by atoms with E-state index in [0.717, 1.165) is 11.3 Å². The highest BCUT2D eigenvalue weighted by Crippen LogP contribution is 2.24. The molecule has 1 aliphatic rings. The first-order chi connectivity index (χ1) is 8.99. The van der Waals surface area contributed by atoms with Gasteiger partial charge < -0.3 is 9.64 Å². The summed E-state index contributed by atoms with van der Waals surface area (Å²) in [5, 5.41) is 0. The van der Waals surface area contributed by atoms with Crippen LogP contribution >= 0.6 is 0 Å². The van der Waals surface area contributed by atoms with Crippen molar-refractivity contribution in [1.82, 2.24) is 0 Å². The van der Waals surface area contributed by atoms with Crippen LogP contribution in [0, 0.1) is 6.92 Å². The quantitative estimate of drug-likeness (QED) is 0.784. The molecule has 0 aliphatic carbocycles. The zero-order chi connectivity index (χ0) is 14.0. The predicted octanol–water partition coefficient (Wildman–Crippen LogP) is 2.55. The van der Waals surface area contributed by atoms with E-state index >= 15 is 0 Å². The molecule has 1 atom stereocenters. The molecule has 0 unspecified atom stereocenters. The Labute approximate surface area is 114 Å². The molecule has 0 radical (unpaired) electrons. The van der Waals surface area contributed by atoms with Gasteiger partial charge in [-0.05, 0) is 39.3 Å². The Kier molecular flexibility index (Phi) is 3.88. The van der Waals surface area contributed by atoms with E-state index in [1.807, 2.05) is 56.9 Å². The van der Waals surface area contributed by atoms with Crippen molar-refractivity contribution in [2.75, 3.05) is 11.4 Å². The van der Waals surface area contributed by atoms with E-state index in [4.69, 9.17) is 4.74 Å². The molecule has 0 fully saturated rings. The summed E-state index contributed by atoms with van der Waals surface area (Å²) in [5.41, 5.74) is 2.15. The van der Waals surface area contributed by atoms with Crippen LogP contribution in [0.5, 0.6) is 0 Å². The minimum absolute atomic E-state index is 0.106. The highest BCUT2D eigenvalue weighted by Gasteiger charge is 2.31. The van der Waals surface area contributed by atoms with Crippen LogP contribution in [0.1, 0.15) is 26.3 Å². The smallest absolute Gasteiger partial charge is 0.374 e. The van der Waals surface area contributed by atoms with E-state index in [0.29, 0.717) is 12.4 Å². The number of ether oxygens (including phenoxy) is 1. The van der Waals surface area contributed by atoms with Crippen LogP contribution in [0.3, 0.4) is 0 Å². The van der Waals surface area contributed by atoms with Crippen molar-refractivity contribution in [3.05, 3.63) is 29.8 Å². The molecule has 0 amide bonds. The van der Waals surface area contributed by atoms with Crippen LogP contribution in [-0.4, -0.2) is 30.5 Å². The number of carbonyl (C=O) groups is 1. The lowest BCUT2D eigenvalue weighted by atomic mass is 10.1. The number of para-hydroxylation sites is 1. The molecule has 4 heteroatoms. The number of amidine groups is 1. The van der Waals surface area contributed by atoms with Gasteiger partial charge in [-0.1, -0.05) is 18.2 Å². The first-order valence-electron chi connectivity index (χ1n) is 6.61. The summed E-state index contributed by atoms with van der Waals surface area (Å²) in [6.07, 6.45) is -0.134. The number of esters is 1. The Hall–Kier alpha value is -1.84. The van der Waals surface area contributed by atoms with Crippen LogP contribution in [0.15, 0.2) is 29.3 Å². The lowest BCUT2D eigenvalue weighted by Gasteiger charge is -2.22. The lowest BCUT2D eigenvalue weighted by molar-refractivity contribution is -0.139.